The third-order valence-electron chi connectivity index (χ3n) is 3.81. The molecule has 0 amide bonds. The topological polar surface area (TPSA) is 55.6 Å². The van der Waals surface area contributed by atoms with Gasteiger partial charge in [0.25, 0.3) is 0 Å². The molecule has 5 nitrogen and oxygen atoms in total. The molecule has 0 atom stereocenters. The second-order valence-electron chi connectivity index (χ2n) is 5.60. The molecule has 3 aromatic heterocycles. The summed E-state index contributed by atoms with van der Waals surface area (Å²) in [5.41, 5.74) is 4.32. The van der Waals surface area contributed by atoms with Crippen LogP contribution in [0.25, 0.3) is 16.4 Å². The highest BCUT2D eigenvalue weighted by Gasteiger charge is 2.05. The number of nitrogens with one attached hydrogen (secondary N) is 1. The number of rotatable bonds is 6. The van der Waals surface area contributed by atoms with Crippen LogP contribution in [-0.4, -0.2) is 19.5 Å². The molecule has 1 aromatic carbocycles. The predicted molar refractivity (Wildman–Crippen MR) is 99.5 cm³/mol. The first kappa shape index (κ1) is 15.7. The van der Waals surface area contributed by atoms with Gasteiger partial charge in [0.15, 0.2) is 0 Å². The third-order valence-corrected chi connectivity index (χ3v) is 4.72. The van der Waals surface area contributed by atoms with Gasteiger partial charge in [0.05, 0.1) is 17.7 Å². The van der Waals surface area contributed by atoms with Gasteiger partial charge in [-0.15, -0.1) is 11.3 Å². The van der Waals surface area contributed by atoms with Gasteiger partial charge in [-0.2, -0.15) is 0 Å². The molecule has 0 saturated heterocycles. The number of nitrogens with zero attached hydrogens (tertiary/aromatic N) is 4. The summed E-state index contributed by atoms with van der Waals surface area (Å²) < 4.78 is 1.99. The van der Waals surface area contributed by atoms with Gasteiger partial charge >= 0.3 is 0 Å². The van der Waals surface area contributed by atoms with Crippen LogP contribution in [0.5, 0.6) is 0 Å². The van der Waals surface area contributed by atoms with Crippen molar-refractivity contribution < 1.29 is 0 Å². The highest BCUT2D eigenvalue weighted by atomic mass is 32.1. The minimum Gasteiger partial charge on any atom is -0.307 e. The van der Waals surface area contributed by atoms with Crippen molar-refractivity contribution >= 4 is 11.3 Å². The van der Waals surface area contributed by atoms with E-state index in [2.05, 4.69) is 49.9 Å². The van der Waals surface area contributed by atoms with Gasteiger partial charge in [0, 0.05) is 42.7 Å². The summed E-state index contributed by atoms with van der Waals surface area (Å²) in [7, 11) is 0. The summed E-state index contributed by atoms with van der Waals surface area (Å²) in [4.78, 5) is 13.1. The first-order valence-corrected chi connectivity index (χ1v) is 8.90. The predicted octanol–water partition coefficient (Wildman–Crippen LogP) is 3.68. The van der Waals surface area contributed by atoms with Gasteiger partial charge in [-0.05, 0) is 29.8 Å². The molecule has 0 fully saturated rings. The van der Waals surface area contributed by atoms with Crippen LogP contribution >= 0.6 is 11.3 Å². The Morgan fingerprint density at radius 1 is 1.00 bits per heavy atom. The maximum absolute atomic E-state index is 4.64. The smallest absolute Gasteiger partial charge is 0.142 e. The minimum absolute atomic E-state index is 0.743. The van der Waals surface area contributed by atoms with Crippen LogP contribution in [-0.2, 0) is 13.1 Å². The van der Waals surface area contributed by atoms with E-state index < -0.39 is 0 Å². The van der Waals surface area contributed by atoms with E-state index in [1.165, 1.54) is 5.56 Å². The lowest BCUT2D eigenvalue weighted by Crippen LogP contribution is -2.12. The van der Waals surface area contributed by atoms with Crippen LogP contribution in [0, 0.1) is 0 Å². The van der Waals surface area contributed by atoms with E-state index in [1.54, 1.807) is 30.1 Å². The lowest BCUT2D eigenvalue weighted by Gasteiger charge is -2.06. The van der Waals surface area contributed by atoms with Gasteiger partial charge in [0.1, 0.15) is 5.01 Å². The lowest BCUT2D eigenvalue weighted by atomic mass is 10.2. The Hall–Kier alpha value is -2.83. The number of imidazole rings is 1. The van der Waals surface area contributed by atoms with Crippen molar-refractivity contribution in [3.05, 3.63) is 84.0 Å². The van der Waals surface area contributed by atoms with Gasteiger partial charge in [-0.1, -0.05) is 18.2 Å². The van der Waals surface area contributed by atoms with E-state index >= 15 is 0 Å². The second kappa shape index (κ2) is 7.38. The zero-order valence-electron chi connectivity index (χ0n) is 13.5. The average molecular weight is 347 g/mol. The maximum atomic E-state index is 4.64. The summed E-state index contributed by atoms with van der Waals surface area (Å²) in [6.45, 7) is 1.55. The first-order chi connectivity index (χ1) is 12.4. The Balaban J connectivity index is 1.33. The van der Waals surface area contributed by atoms with E-state index in [9.17, 15) is 0 Å². The fraction of sp³-hybridized carbons (Fsp3) is 0.105. The monoisotopic (exact) mass is 347 g/mol. The highest BCUT2D eigenvalue weighted by Crippen LogP contribution is 2.21. The van der Waals surface area contributed by atoms with Crippen LogP contribution in [0.1, 0.15) is 11.3 Å². The standard InChI is InChI=1S/C19H17N5S/c1-2-8-22-18(3-1)19-23-16(13-25-19)12-21-11-15-4-6-17(7-5-15)24-10-9-20-14-24/h1-10,13-14,21H,11-12H2. The quantitative estimate of drug-likeness (QED) is 0.578. The molecular formula is C19H17N5S. The number of hydrogen-bond acceptors (Lipinski definition) is 5. The zero-order chi connectivity index (χ0) is 16.9. The first-order valence-electron chi connectivity index (χ1n) is 8.02. The van der Waals surface area contributed by atoms with Crippen molar-refractivity contribution in [3.8, 4) is 16.4 Å². The van der Waals surface area contributed by atoms with E-state index in [1.807, 2.05) is 29.0 Å². The van der Waals surface area contributed by atoms with Crippen LogP contribution in [0.3, 0.4) is 0 Å². The average Bonchev–Trinajstić information content (AvgIpc) is 3.35. The van der Waals surface area contributed by atoms with Crippen molar-refractivity contribution in [1.82, 2.24) is 24.8 Å². The molecule has 6 heteroatoms. The van der Waals surface area contributed by atoms with Gasteiger partial charge < -0.3 is 9.88 Å². The molecule has 0 radical (unpaired) electrons. The summed E-state index contributed by atoms with van der Waals surface area (Å²) in [5.74, 6) is 0. The molecule has 0 aliphatic heterocycles. The molecule has 0 spiro atoms. The molecule has 0 aliphatic carbocycles. The normalized spacial score (nSPS) is 10.9. The van der Waals surface area contributed by atoms with Crippen LogP contribution < -0.4 is 5.32 Å². The van der Waals surface area contributed by atoms with E-state index in [0.29, 0.717) is 0 Å². The molecule has 4 aromatic rings. The molecule has 0 saturated carbocycles. The lowest BCUT2D eigenvalue weighted by molar-refractivity contribution is 0.683. The van der Waals surface area contributed by atoms with E-state index in [4.69, 9.17) is 0 Å². The van der Waals surface area contributed by atoms with Crippen molar-refractivity contribution in [2.75, 3.05) is 0 Å². The molecular weight excluding hydrogens is 330 g/mol. The van der Waals surface area contributed by atoms with Crippen LogP contribution in [0.4, 0.5) is 0 Å². The Morgan fingerprint density at radius 2 is 1.92 bits per heavy atom. The van der Waals surface area contributed by atoms with Gasteiger partial charge in [-0.3, -0.25) is 4.98 Å². The number of aromatic nitrogens is 4. The number of thiazole rings is 1. The molecule has 0 unspecified atom stereocenters. The molecule has 25 heavy (non-hydrogen) atoms. The molecule has 4 rings (SSSR count). The Morgan fingerprint density at radius 3 is 2.68 bits per heavy atom. The molecule has 124 valence electrons. The van der Waals surface area contributed by atoms with Crippen molar-refractivity contribution in [2.45, 2.75) is 13.1 Å². The largest absolute Gasteiger partial charge is 0.307 e. The molecule has 1 N–H and O–H groups in total. The summed E-state index contributed by atoms with van der Waals surface area (Å²) in [5, 5.41) is 6.48. The van der Waals surface area contributed by atoms with Crippen molar-refractivity contribution in [3.63, 3.8) is 0 Å². The Labute approximate surface area is 150 Å². The second-order valence-corrected chi connectivity index (χ2v) is 6.46. The summed E-state index contributed by atoms with van der Waals surface area (Å²) >= 11 is 1.63. The maximum Gasteiger partial charge on any atom is 0.142 e. The Bertz CT molecular complexity index is 914. The van der Waals surface area contributed by atoms with Crippen molar-refractivity contribution in [1.29, 1.82) is 0 Å². The minimum atomic E-state index is 0.743. The third kappa shape index (κ3) is 3.81. The van der Waals surface area contributed by atoms with E-state index in [-0.39, 0.29) is 0 Å². The summed E-state index contributed by atoms with van der Waals surface area (Å²) in [6.07, 6.45) is 7.31. The molecule has 0 aliphatic rings. The van der Waals surface area contributed by atoms with Crippen LogP contribution in [0.2, 0.25) is 0 Å². The zero-order valence-corrected chi connectivity index (χ0v) is 14.4. The van der Waals surface area contributed by atoms with Crippen LogP contribution in [0.15, 0.2) is 72.8 Å². The Kier molecular flexibility index (Phi) is 4.63. The van der Waals surface area contributed by atoms with E-state index in [0.717, 1.165) is 35.2 Å². The highest BCUT2D eigenvalue weighted by molar-refractivity contribution is 7.13. The summed E-state index contributed by atoms with van der Waals surface area (Å²) in [6, 6.07) is 14.3. The SMILES string of the molecule is c1ccc(-c2nc(CNCc3ccc(-n4ccnc4)cc3)cs2)nc1. The fourth-order valence-corrected chi connectivity index (χ4v) is 3.32. The fourth-order valence-electron chi connectivity index (χ4n) is 2.53. The van der Waals surface area contributed by atoms with Gasteiger partial charge in [0.2, 0.25) is 0 Å². The van der Waals surface area contributed by atoms with Crippen molar-refractivity contribution in [2.24, 2.45) is 0 Å². The number of pyridine rings is 1. The van der Waals surface area contributed by atoms with Gasteiger partial charge in [-0.25, -0.2) is 9.97 Å². The molecule has 0 bridgehead atoms. The molecule has 3 heterocycles. The number of hydrogen-bond donors (Lipinski definition) is 1. The number of benzene rings is 1.